The van der Waals surface area contributed by atoms with Crippen molar-refractivity contribution in [2.75, 3.05) is 6.54 Å². The van der Waals surface area contributed by atoms with E-state index in [4.69, 9.17) is 4.74 Å². The van der Waals surface area contributed by atoms with Gasteiger partial charge in [-0.2, -0.15) is 0 Å². The number of nitrogens with zero attached hydrogens (tertiary/aromatic N) is 1. The van der Waals surface area contributed by atoms with Crippen LogP contribution >= 0.6 is 0 Å². The number of likely N-dealkylation sites (tertiary alicyclic amines) is 1. The summed E-state index contributed by atoms with van der Waals surface area (Å²) in [5.41, 5.74) is 0. The Morgan fingerprint density at radius 2 is 2.12 bits per heavy atom. The van der Waals surface area contributed by atoms with Crippen LogP contribution in [0.15, 0.2) is 12.2 Å². The fourth-order valence-corrected chi connectivity index (χ4v) is 2.80. The molecule has 1 amide bonds. The van der Waals surface area contributed by atoms with Gasteiger partial charge in [0.2, 0.25) is 5.91 Å². The lowest BCUT2D eigenvalue weighted by Gasteiger charge is -2.39. The van der Waals surface area contributed by atoms with Gasteiger partial charge in [-0.3, -0.25) is 9.59 Å². The molecule has 2 fully saturated rings. The van der Waals surface area contributed by atoms with Gasteiger partial charge in [-0.05, 0) is 12.8 Å². The minimum atomic E-state index is -0.359. The number of rotatable bonds is 1. The molecular formula is C12H15NO3. The molecule has 3 atom stereocenters. The van der Waals surface area contributed by atoms with Gasteiger partial charge in [0, 0.05) is 19.4 Å². The van der Waals surface area contributed by atoms with Crippen molar-refractivity contribution in [2.45, 2.75) is 43.9 Å². The Kier molecular flexibility index (Phi) is 2.32. The smallest absolute Gasteiger partial charge is 0.223 e. The Labute approximate surface area is 94.2 Å². The van der Waals surface area contributed by atoms with Gasteiger partial charge in [-0.25, -0.2) is 0 Å². The summed E-state index contributed by atoms with van der Waals surface area (Å²) in [4.78, 5) is 25.5. The van der Waals surface area contributed by atoms with Crippen LogP contribution in [0.5, 0.6) is 0 Å². The van der Waals surface area contributed by atoms with Gasteiger partial charge < -0.3 is 9.64 Å². The maximum atomic E-state index is 12.0. The number of hydrogen-bond donors (Lipinski definition) is 0. The predicted molar refractivity (Wildman–Crippen MR) is 56.8 cm³/mol. The third-order valence-electron chi connectivity index (χ3n) is 3.59. The number of carbonyl (C=O) groups is 2. The summed E-state index contributed by atoms with van der Waals surface area (Å²) >= 11 is 0. The lowest BCUT2D eigenvalue weighted by molar-refractivity contribution is -0.152. The number of piperidine rings is 1. The molecule has 2 bridgehead atoms. The Bertz CT molecular complexity index is 363. The van der Waals surface area contributed by atoms with Crippen molar-refractivity contribution in [2.24, 2.45) is 0 Å². The van der Waals surface area contributed by atoms with Crippen LogP contribution in [0.3, 0.4) is 0 Å². The van der Waals surface area contributed by atoms with Gasteiger partial charge in [-0.1, -0.05) is 12.2 Å². The molecule has 0 saturated carbocycles. The number of fused-ring (bicyclic) bond motifs is 2. The Morgan fingerprint density at radius 3 is 2.94 bits per heavy atom. The van der Waals surface area contributed by atoms with Crippen molar-refractivity contribution in [3.05, 3.63) is 12.2 Å². The summed E-state index contributed by atoms with van der Waals surface area (Å²) in [6, 6.07) is -0.359. The number of ether oxygens (including phenoxy) is 1. The SMILES string of the molecule is O=C1C[C@@H]2C=C[C@@H](O2)[C@@H]1N1CCCCC1=O. The van der Waals surface area contributed by atoms with E-state index in [2.05, 4.69) is 0 Å². The first-order chi connectivity index (χ1) is 7.75. The van der Waals surface area contributed by atoms with E-state index in [9.17, 15) is 9.59 Å². The van der Waals surface area contributed by atoms with Gasteiger partial charge in [0.15, 0.2) is 5.78 Å². The number of amides is 1. The summed E-state index contributed by atoms with van der Waals surface area (Å²) in [7, 11) is 0. The summed E-state index contributed by atoms with van der Waals surface area (Å²) in [5.74, 6) is 0.258. The van der Waals surface area contributed by atoms with E-state index in [0.717, 1.165) is 12.8 Å². The number of ketones is 1. The average molecular weight is 221 g/mol. The molecule has 16 heavy (non-hydrogen) atoms. The predicted octanol–water partition coefficient (Wildman–Crippen LogP) is 0.664. The van der Waals surface area contributed by atoms with Crippen molar-refractivity contribution in [3.63, 3.8) is 0 Å². The minimum Gasteiger partial charge on any atom is -0.364 e. The van der Waals surface area contributed by atoms with E-state index in [0.29, 0.717) is 19.4 Å². The lowest BCUT2D eigenvalue weighted by atomic mass is 9.97. The zero-order valence-electron chi connectivity index (χ0n) is 9.09. The van der Waals surface area contributed by atoms with Gasteiger partial charge in [-0.15, -0.1) is 0 Å². The van der Waals surface area contributed by atoms with Gasteiger partial charge in [0.25, 0.3) is 0 Å². The molecular weight excluding hydrogens is 206 g/mol. The molecule has 0 unspecified atom stereocenters. The van der Waals surface area contributed by atoms with Crippen molar-refractivity contribution >= 4 is 11.7 Å². The zero-order valence-corrected chi connectivity index (χ0v) is 9.09. The molecule has 3 aliphatic heterocycles. The van der Waals surface area contributed by atoms with Crippen molar-refractivity contribution in [1.82, 2.24) is 4.90 Å². The fraction of sp³-hybridized carbons (Fsp3) is 0.667. The largest absolute Gasteiger partial charge is 0.364 e. The summed E-state index contributed by atoms with van der Waals surface area (Å²) in [6.07, 6.45) is 6.56. The standard InChI is InChI=1S/C12H15NO3/c14-9-7-8-4-5-10(16-8)12(9)13-6-2-1-3-11(13)15/h4-5,8,10,12H,1-3,6-7H2/t8-,10+,12+/m0/s1. The number of hydrogen-bond acceptors (Lipinski definition) is 3. The first-order valence-electron chi connectivity index (χ1n) is 5.92. The zero-order chi connectivity index (χ0) is 11.1. The highest BCUT2D eigenvalue weighted by molar-refractivity contribution is 5.91. The van der Waals surface area contributed by atoms with E-state index in [1.54, 1.807) is 4.90 Å². The van der Waals surface area contributed by atoms with E-state index < -0.39 is 0 Å². The van der Waals surface area contributed by atoms with Gasteiger partial charge >= 0.3 is 0 Å². The number of carbonyl (C=O) groups excluding carboxylic acids is 2. The Balaban J connectivity index is 1.84. The normalized spacial score (nSPS) is 38.2. The van der Waals surface area contributed by atoms with Crippen LogP contribution in [-0.4, -0.2) is 41.4 Å². The second-order valence-corrected chi connectivity index (χ2v) is 4.68. The monoisotopic (exact) mass is 221 g/mol. The van der Waals surface area contributed by atoms with Crippen LogP contribution in [-0.2, 0) is 14.3 Å². The summed E-state index contributed by atoms with van der Waals surface area (Å²) in [6.45, 7) is 0.702. The molecule has 0 aromatic carbocycles. The number of Topliss-reactive ketones (excluding diaryl/α,β-unsaturated/α-hetero) is 1. The summed E-state index contributed by atoms with van der Waals surface area (Å²) < 4.78 is 5.66. The molecule has 0 radical (unpaired) electrons. The average Bonchev–Trinajstić information content (AvgIpc) is 2.64. The van der Waals surface area contributed by atoms with Crippen LogP contribution in [0.4, 0.5) is 0 Å². The van der Waals surface area contributed by atoms with Crippen LogP contribution in [0.2, 0.25) is 0 Å². The molecule has 86 valence electrons. The third-order valence-corrected chi connectivity index (χ3v) is 3.59. The van der Waals surface area contributed by atoms with Crippen LogP contribution in [0.25, 0.3) is 0 Å². The molecule has 0 N–H and O–H groups in total. The highest BCUT2D eigenvalue weighted by Gasteiger charge is 2.44. The first-order valence-corrected chi connectivity index (χ1v) is 5.92. The van der Waals surface area contributed by atoms with Crippen LogP contribution < -0.4 is 0 Å². The molecule has 3 aliphatic rings. The van der Waals surface area contributed by atoms with Gasteiger partial charge in [0.05, 0.1) is 6.10 Å². The van der Waals surface area contributed by atoms with Crippen molar-refractivity contribution in [3.8, 4) is 0 Å². The highest BCUT2D eigenvalue weighted by atomic mass is 16.5. The van der Waals surface area contributed by atoms with E-state index in [1.807, 2.05) is 12.2 Å². The molecule has 3 heterocycles. The second-order valence-electron chi connectivity index (χ2n) is 4.68. The minimum absolute atomic E-state index is 0.0476. The Hall–Kier alpha value is -1.16. The molecule has 4 nitrogen and oxygen atoms in total. The summed E-state index contributed by atoms with van der Waals surface area (Å²) in [5, 5.41) is 0. The fourth-order valence-electron chi connectivity index (χ4n) is 2.80. The second kappa shape index (κ2) is 3.70. The topological polar surface area (TPSA) is 46.6 Å². The lowest BCUT2D eigenvalue weighted by Crippen LogP contribution is -2.55. The Morgan fingerprint density at radius 1 is 1.25 bits per heavy atom. The maximum absolute atomic E-state index is 12.0. The van der Waals surface area contributed by atoms with Gasteiger partial charge in [0.1, 0.15) is 12.1 Å². The van der Waals surface area contributed by atoms with Crippen molar-refractivity contribution in [1.29, 1.82) is 0 Å². The van der Waals surface area contributed by atoms with Crippen LogP contribution in [0.1, 0.15) is 25.7 Å². The maximum Gasteiger partial charge on any atom is 0.223 e. The molecule has 0 aromatic rings. The molecule has 0 aliphatic carbocycles. The van der Waals surface area contributed by atoms with E-state index in [1.165, 1.54) is 0 Å². The molecule has 4 heteroatoms. The quantitative estimate of drug-likeness (QED) is 0.611. The molecule has 0 aromatic heterocycles. The van der Waals surface area contributed by atoms with Crippen LogP contribution in [0, 0.1) is 0 Å². The van der Waals surface area contributed by atoms with E-state index >= 15 is 0 Å². The van der Waals surface area contributed by atoms with Crippen molar-refractivity contribution < 1.29 is 14.3 Å². The third kappa shape index (κ3) is 1.48. The van der Waals surface area contributed by atoms with E-state index in [-0.39, 0.29) is 29.9 Å². The highest BCUT2D eigenvalue weighted by Crippen LogP contribution is 2.29. The first kappa shape index (κ1) is 10.0. The molecule has 0 spiro atoms. The molecule has 3 rings (SSSR count). The molecule has 2 saturated heterocycles.